The molecule has 0 radical (unpaired) electrons. The van der Waals surface area contributed by atoms with E-state index in [0.29, 0.717) is 13.1 Å². The molecule has 0 aromatic carbocycles. The molecule has 0 aliphatic carbocycles. The van der Waals surface area contributed by atoms with Crippen LogP contribution in [0.1, 0.15) is 0 Å². The van der Waals surface area contributed by atoms with E-state index in [1.807, 2.05) is 0 Å². The Hall–Kier alpha value is 0.460. The first kappa shape index (κ1) is 12.5. The molecule has 0 aliphatic rings. The highest BCUT2D eigenvalue weighted by atomic mass is 33.1. The van der Waals surface area contributed by atoms with Gasteiger partial charge in [0.15, 0.2) is 0 Å². The molecule has 0 spiro atoms. The Morgan fingerprint density at radius 2 is 1.08 bits per heavy atom. The van der Waals surface area contributed by atoms with Crippen molar-refractivity contribution in [3.8, 4) is 0 Å². The van der Waals surface area contributed by atoms with Gasteiger partial charge in [0.25, 0.3) is 0 Å². The summed E-state index contributed by atoms with van der Waals surface area (Å²) in [4.78, 5) is 0. The maximum Gasteiger partial charge on any atom is 0.0382 e. The molecule has 8 N–H and O–H groups in total. The third-order valence-electron chi connectivity index (χ3n) is 0.949. The highest BCUT2D eigenvalue weighted by Gasteiger charge is 1.94. The fourth-order valence-corrected chi connectivity index (χ4v) is 2.36. The number of nitrogens with zero attached hydrogens (tertiary/aromatic N) is 2. The van der Waals surface area contributed by atoms with Crippen LogP contribution in [0, 0.1) is 0 Å². The van der Waals surface area contributed by atoms with E-state index in [1.54, 1.807) is 21.6 Å². The number of hydrazine groups is 4. The molecule has 0 aromatic rings. The third-order valence-corrected chi connectivity index (χ3v) is 3.31. The van der Waals surface area contributed by atoms with Gasteiger partial charge in [-0.15, -0.1) is 0 Å². The van der Waals surface area contributed by atoms with Crippen LogP contribution in [0.25, 0.3) is 0 Å². The van der Waals surface area contributed by atoms with Gasteiger partial charge >= 0.3 is 0 Å². The highest BCUT2D eigenvalue weighted by Crippen LogP contribution is 2.19. The molecule has 0 atom stereocenters. The molecule has 8 heteroatoms. The Morgan fingerprint density at radius 1 is 0.750 bits per heavy atom. The van der Waals surface area contributed by atoms with E-state index in [2.05, 4.69) is 0 Å². The van der Waals surface area contributed by atoms with Crippen molar-refractivity contribution in [1.29, 1.82) is 0 Å². The number of hydrogen-bond donors (Lipinski definition) is 4. The van der Waals surface area contributed by atoms with E-state index in [1.165, 1.54) is 10.2 Å². The van der Waals surface area contributed by atoms with E-state index in [9.17, 15) is 0 Å². The van der Waals surface area contributed by atoms with E-state index >= 15 is 0 Å². The Balaban J connectivity index is 2.91. The molecule has 12 heavy (non-hydrogen) atoms. The van der Waals surface area contributed by atoms with Crippen LogP contribution in [0.3, 0.4) is 0 Å². The number of nitrogens with two attached hydrogens (primary N) is 4. The predicted molar refractivity (Wildman–Crippen MR) is 55.1 cm³/mol. The second kappa shape index (κ2) is 8.08. The van der Waals surface area contributed by atoms with Crippen molar-refractivity contribution in [1.82, 2.24) is 10.2 Å². The van der Waals surface area contributed by atoms with Crippen LogP contribution in [0.15, 0.2) is 0 Å². The Morgan fingerprint density at radius 3 is 1.33 bits per heavy atom. The van der Waals surface area contributed by atoms with Crippen molar-refractivity contribution in [2.45, 2.75) is 0 Å². The van der Waals surface area contributed by atoms with Crippen molar-refractivity contribution in [3.05, 3.63) is 0 Å². The molecule has 0 amide bonds. The fourth-order valence-electron chi connectivity index (χ4n) is 0.403. The summed E-state index contributed by atoms with van der Waals surface area (Å²) in [5.41, 5.74) is 0. The number of rotatable bonds is 7. The van der Waals surface area contributed by atoms with Gasteiger partial charge in [0.1, 0.15) is 0 Å². The first-order valence-electron chi connectivity index (χ1n) is 3.41. The average Bonchev–Trinajstić information content (AvgIpc) is 1.95. The molecule has 0 rings (SSSR count). The van der Waals surface area contributed by atoms with Crippen LogP contribution in [0.2, 0.25) is 0 Å². The lowest BCUT2D eigenvalue weighted by molar-refractivity contribution is 0.314. The molecule has 6 nitrogen and oxygen atoms in total. The zero-order chi connectivity index (χ0) is 9.40. The van der Waals surface area contributed by atoms with Crippen LogP contribution in [0.5, 0.6) is 0 Å². The summed E-state index contributed by atoms with van der Waals surface area (Å²) in [6.07, 6.45) is 0. The van der Waals surface area contributed by atoms with Gasteiger partial charge in [-0.2, -0.15) is 10.2 Å². The van der Waals surface area contributed by atoms with Gasteiger partial charge in [-0.3, -0.25) is 23.4 Å². The maximum atomic E-state index is 5.20. The minimum absolute atomic E-state index is 0.673. The predicted octanol–water partition coefficient (Wildman–Crippen LogP) is -1.53. The van der Waals surface area contributed by atoms with Crippen LogP contribution in [-0.2, 0) is 0 Å². The van der Waals surface area contributed by atoms with Crippen molar-refractivity contribution in [2.75, 3.05) is 24.6 Å². The van der Waals surface area contributed by atoms with Crippen molar-refractivity contribution >= 4 is 21.6 Å². The molecule has 0 fully saturated rings. The monoisotopic (exact) mass is 212 g/mol. The molecule has 0 saturated carbocycles. The van der Waals surface area contributed by atoms with E-state index in [0.717, 1.165) is 11.5 Å². The van der Waals surface area contributed by atoms with E-state index < -0.39 is 0 Å². The first-order chi connectivity index (χ1) is 5.63. The summed E-state index contributed by atoms with van der Waals surface area (Å²) in [5.74, 6) is 22.6. The van der Waals surface area contributed by atoms with Gasteiger partial charge in [0, 0.05) is 24.6 Å². The third kappa shape index (κ3) is 10.5. The van der Waals surface area contributed by atoms with E-state index in [-0.39, 0.29) is 0 Å². The van der Waals surface area contributed by atoms with Crippen LogP contribution in [0.4, 0.5) is 0 Å². The molecular weight excluding hydrogens is 196 g/mol. The SMILES string of the molecule is NN(N)CCSSCCN(N)N. The van der Waals surface area contributed by atoms with Gasteiger partial charge in [-0.25, -0.2) is 0 Å². The molecular formula is C4H16N6S2. The second-order valence-corrected chi connectivity index (χ2v) is 4.82. The Labute approximate surface area is 80.2 Å². The molecule has 0 heterocycles. The molecule has 0 aromatic heterocycles. The molecule has 0 saturated heterocycles. The van der Waals surface area contributed by atoms with Crippen LogP contribution in [-0.4, -0.2) is 34.8 Å². The van der Waals surface area contributed by atoms with Crippen molar-refractivity contribution in [2.24, 2.45) is 23.4 Å². The molecule has 0 bridgehead atoms. The zero-order valence-corrected chi connectivity index (χ0v) is 8.48. The summed E-state index contributed by atoms with van der Waals surface area (Å²) in [7, 11) is 3.40. The molecule has 0 aliphatic heterocycles. The zero-order valence-electron chi connectivity index (χ0n) is 6.85. The smallest absolute Gasteiger partial charge is 0.0382 e. The summed E-state index contributed by atoms with van der Waals surface area (Å²) in [6.45, 7) is 1.35. The summed E-state index contributed by atoms with van der Waals surface area (Å²) in [5, 5.41) is 2.34. The highest BCUT2D eigenvalue weighted by molar-refractivity contribution is 8.76. The summed E-state index contributed by atoms with van der Waals surface area (Å²) < 4.78 is 0. The average molecular weight is 212 g/mol. The topological polar surface area (TPSA) is 111 Å². The minimum atomic E-state index is 0.673. The minimum Gasteiger partial charge on any atom is -0.255 e. The normalized spacial score (nSPS) is 11.5. The largest absolute Gasteiger partial charge is 0.255 e. The van der Waals surface area contributed by atoms with Gasteiger partial charge in [0.2, 0.25) is 0 Å². The van der Waals surface area contributed by atoms with Crippen molar-refractivity contribution in [3.63, 3.8) is 0 Å². The summed E-state index contributed by atoms with van der Waals surface area (Å²) >= 11 is 0. The van der Waals surface area contributed by atoms with Crippen LogP contribution < -0.4 is 23.4 Å². The Bertz CT molecular complexity index is 87.5. The van der Waals surface area contributed by atoms with Crippen molar-refractivity contribution < 1.29 is 0 Å². The standard InChI is InChI=1S/C4H16N6S2/c5-9(6)1-3-11-12-4-2-10(7)8/h1-8H2. The van der Waals surface area contributed by atoms with Crippen LogP contribution >= 0.6 is 21.6 Å². The van der Waals surface area contributed by atoms with E-state index in [4.69, 9.17) is 23.4 Å². The fraction of sp³-hybridized carbons (Fsp3) is 1.00. The lowest BCUT2D eigenvalue weighted by Crippen LogP contribution is -2.39. The lowest BCUT2D eigenvalue weighted by atomic mass is 10.8. The molecule has 74 valence electrons. The van der Waals surface area contributed by atoms with Gasteiger partial charge in [0.05, 0.1) is 0 Å². The van der Waals surface area contributed by atoms with Gasteiger partial charge in [-0.1, -0.05) is 21.6 Å². The number of hydrogen-bond acceptors (Lipinski definition) is 8. The van der Waals surface area contributed by atoms with Gasteiger partial charge in [-0.05, 0) is 0 Å². The second-order valence-electron chi connectivity index (χ2n) is 2.12. The first-order valence-corrected chi connectivity index (χ1v) is 5.90. The van der Waals surface area contributed by atoms with Gasteiger partial charge < -0.3 is 0 Å². The summed E-state index contributed by atoms with van der Waals surface area (Å²) in [6, 6.07) is 0. The Kier molecular flexibility index (Phi) is 8.39. The molecule has 0 unspecified atom stereocenters. The lowest BCUT2D eigenvalue weighted by Gasteiger charge is -2.09. The quantitative estimate of drug-likeness (QED) is 0.174. The maximum absolute atomic E-state index is 5.20.